The highest BCUT2D eigenvalue weighted by molar-refractivity contribution is 6.09. The fraction of sp³-hybridized carbons (Fsp3) is 0.200. The maximum absolute atomic E-state index is 9.05. The summed E-state index contributed by atoms with van der Waals surface area (Å²) in [4.78, 5) is 3.32. The van der Waals surface area contributed by atoms with Crippen LogP contribution in [0.2, 0.25) is 0 Å². The first kappa shape index (κ1) is 12.0. The minimum atomic E-state index is -0.361. The number of nitrogens with zero attached hydrogens (tertiary/aromatic N) is 2. The Balaban J connectivity index is 4.65. The van der Waals surface area contributed by atoms with Gasteiger partial charge in [-0.15, -0.1) is 0 Å². The van der Waals surface area contributed by atoms with Crippen LogP contribution in [0, 0.1) is 11.5 Å². The zero-order valence-electron chi connectivity index (χ0n) is 8.08. The molecule has 0 rings (SSSR count). The van der Waals surface area contributed by atoms with Gasteiger partial charge in [-0.3, -0.25) is 0 Å². The third kappa shape index (κ3) is 3.59. The number of allylic oxidation sites excluding steroid dienone is 1. The Morgan fingerprint density at radius 1 is 1.50 bits per heavy atom. The average Bonchev–Trinajstić information content (AvgIpc) is 2.13. The lowest BCUT2D eigenvalue weighted by molar-refractivity contribution is 0.317. The first-order chi connectivity index (χ1) is 6.52. The molecule has 0 saturated heterocycles. The third-order valence-corrected chi connectivity index (χ3v) is 1.36. The largest absolute Gasteiger partial charge is 0.506 e. The van der Waals surface area contributed by atoms with Crippen molar-refractivity contribution in [3.63, 3.8) is 0 Å². The molecule has 0 aromatic carbocycles. The molecule has 0 radical (unpaired) electrons. The molecule has 0 fully saturated rings. The number of aliphatic hydroxyl groups is 1. The van der Waals surface area contributed by atoms with Gasteiger partial charge in [0.2, 0.25) is 6.19 Å². The van der Waals surface area contributed by atoms with E-state index in [9.17, 15) is 0 Å². The second kappa shape index (κ2) is 5.60. The summed E-state index contributed by atoms with van der Waals surface area (Å²) in [5, 5.41) is 17.4. The van der Waals surface area contributed by atoms with E-state index in [0.717, 1.165) is 0 Å². The molecule has 0 heterocycles. The molecule has 4 heteroatoms. The fourth-order valence-electron chi connectivity index (χ4n) is 0.633. The number of aliphatic imine (C=N–C) groups is 1. The Morgan fingerprint density at radius 3 is 2.43 bits per heavy atom. The van der Waals surface area contributed by atoms with Crippen LogP contribution in [0.4, 0.5) is 0 Å². The zero-order chi connectivity index (χ0) is 11.1. The standard InChI is InChI=1S/C10H12N2O2/c1-5-7(2)14-9(4)10(8(3)13)12-6-11/h13H,2-5H2,1H3/b12-10-. The fourth-order valence-corrected chi connectivity index (χ4v) is 0.633. The van der Waals surface area contributed by atoms with Crippen molar-refractivity contribution in [2.24, 2.45) is 4.99 Å². The Labute approximate surface area is 83.2 Å². The smallest absolute Gasteiger partial charge is 0.206 e. The van der Waals surface area contributed by atoms with Gasteiger partial charge in [-0.2, -0.15) is 10.3 Å². The van der Waals surface area contributed by atoms with Gasteiger partial charge >= 0.3 is 0 Å². The van der Waals surface area contributed by atoms with Crippen LogP contribution in [0.25, 0.3) is 0 Å². The van der Waals surface area contributed by atoms with Crippen molar-refractivity contribution in [2.75, 3.05) is 0 Å². The molecule has 0 aromatic heterocycles. The van der Waals surface area contributed by atoms with Crippen molar-refractivity contribution in [1.29, 1.82) is 5.26 Å². The van der Waals surface area contributed by atoms with Gasteiger partial charge in [-0.1, -0.05) is 26.7 Å². The van der Waals surface area contributed by atoms with E-state index >= 15 is 0 Å². The Bertz CT molecular complexity index is 335. The van der Waals surface area contributed by atoms with Crippen LogP contribution in [0.1, 0.15) is 13.3 Å². The summed E-state index contributed by atoms with van der Waals surface area (Å²) in [6.07, 6.45) is 2.13. The highest BCUT2D eigenvalue weighted by Gasteiger charge is 2.10. The van der Waals surface area contributed by atoms with Crippen molar-refractivity contribution in [2.45, 2.75) is 13.3 Å². The molecule has 0 bridgehead atoms. The van der Waals surface area contributed by atoms with Gasteiger partial charge < -0.3 is 9.84 Å². The van der Waals surface area contributed by atoms with E-state index in [0.29, 0.717) is 12.2 Å². The SMILES string of the molecule is C=C(CC)OC(=C)/C(=N\C#N)C(=C)O. The zero-order valence-corrected chi connectivity index (χ0v) is 8.08. The summed E-state index contributed by atoms with van der Waals surface area (Å²) in [5.74, 6) is 0.174. The number of hydrogen-bond donors (Lipinski definition) is 1. The minimum absolute atomic E-state index is 0.0610. The van der Waals surface area contributed by atoms with E-state index in [1.807, 2.05) is 6.92 Å². The molecule has 0 aromatic rings. The van der Waals surface area contributed by atoms with Gasteiger partial charge in [-0.05, 0) is 0 Å². The van der Waals surface area contributed by atoms with Gasteiger partial charge in [-0.25, -0.2) is 0 Å². The summed E-state index contributed by atoms with van der Waals surface area (Å²) in [6.45, 7) is 12.2. The van der Waals surface area contributed by atoms with E-state index in [2.05, 4.69) is 24.7 Å². The first-order valence-electron chi connectivity index (χ1n) is 3.92. The lowest BCUT2D eigenvalue weighted by Gasteiger charge is -2.09. The number of nitriles is 1. The Hall–Kier alpha value is -2.02. The van der Waals surface area contributed by atoms with Crippen molar-refractivity contribution < 1.29 is 9.84 Å². The van der Waals surface area contributed by atoms with Crippen LogP contribution in [-0.2, 0) is 4.74 Å². The Morgan fingerprint density at radius 2 is 2.07 bits per heavy atom. The van der Waals surface area contributed by atoms with Gasteiger partial charge in [0.05, 0.1) is 5.76 Å². The number of hydrogen-bond acceptors (Lipinski definition) is 4. The number of rotatable bonds is 5. The number of ether oxygens (including phenoxy) is 1. The highest BCUT2D eigenvalue weighted by Crippen LogP contribution is 2.10. The number of aliphatic hydroxyl groups excluding tert-OH is 1. The van der Waals surface area contributed by atoms with E-state index in [-0.39, 0.29) is 17.2 Å². The molecule has 0 amide bonds. The molecule has 74 valence electrons. The summed E-state index contributed by atoms with van der Waals surface area (Å²) < 4.78 is 5.08. The summed E-state index contributed by atoms with van der Waals surface area (Å²) >= 11 is 0. The molecule has 14 heavy (non-hydrogen) atoms. The van der Waals surface area contributed by atoms with Crippen LogP contribution >= 0.6 is 0 Å². The molecule has 0 atom stereocenters. The van der Waals surface area contributed by atoms with Crippen molar-refractivity contribution >= 4 is 5.71 Å². The van der Waals surface area contributed by atoms with Crippen molar-refractivity contribution in [1.82, 2.24) is 0 Å². The van der Waals surface area contributed by atoms with Gasteiger partial charge in [0.15, 0.2) is 5.71 Å². The second-order valence-corrected chi connectivity index (χ2v) is 2.42. The molecule has 0 aliphatic heterocycles. The van der Waals surface area contributed by atoms with E-state index in [1.54, 1.807) is 0 Å². The summed E-state index contributed by atoms with van der Waals surface area (Å²) in [5.41, 5.74) is -0.0675. The van der Waals surface area contributed by atoms with Crippen LogP contribution < -0.4 is 0 Å². The van der Waals surface area contributed by atoms with E-state index in [1.165, 1.54) is 6.19 Å². The van der Waals surface area contributed by atoms with Crippen LogP contribution in [0.5, 0.6) is 0 Å². The lowest BCUT2D eigenvalue weighted by Crippen LogP contribution is -2.07. The van der Waals surface area contributed by atoms with Gasteiger partial charge in [0.25, 0.3) is 0 Å². The first-order valence-corrected chi connectivity index (χ1v) is 3.92. The monoisotopic (exact) mass is 192 g/mol. The predicted molar refractivity (Wildman–Crippen MR) is 54.5 cm³/mol. The van der Waals surface area contributed by atoms with Gasteiger partial charge in [0.1, 0.15) is 11.5 Å². The van der Waals surface area contributed by atoms with Crippen LogP contribution in [0.3, 0.4) is 0 Å². The maximum Gasteiger partial charge on any atom is 0.206 e. The molecule has 0 saturated carbocycles. The van der Waals surface area contributed by atoms with Crippen LogP contribution in [0.15, 0.2) is 42.0 Å². The molecule has 4 nitrogen and oxygen atoms in total. The normalized spacial score (nSPS) is 10.1. The molecular formula is C10H12N2O2. The lowest BCUT2D eigenvalue weighted by atomic mass is 10.3. The van der Waals surface area contributed by atoms with Crippen molar-refractivity contribution in [3.05, 3.63) is 37.0 Å². The van der Waals surface area contributed by atoms with Crippen molar-refractivity contribution in [3.8, 4) is 6.19 Å². The summed E-state index contributed by atoms with van der Waals surface area (Å²) in [7, 11) is 0. The predicted octanol–water partition coefficient (Wildman–Crippen LogP) is 2.43. The van der Waals surface area contributed by atoms with E-state index < -0.39 is 0 Å². The minimum Gasteiger partial charge on any atom is -0.506 e. The maximum atomic E-state index is 9.05. The second-order valence-electron chi connectivity index (χ2n) is 2.42. The molecule has 0 aliphatic carbocycles. The molecule has 1 N–H and O–H groups in total. The molecule has 0 aliphatic rings. The molecular weight excluding hydrogens is 180 g/mol. The topological polar surface area (TPSA) is 65.6 Å². The third-order valence-electron chi connectivity index (χ3n) is 1.36. The highest BCUT2D eigenvalue weighted by atomic mass is 16.5. The van der Waals surface area contributed by atoms with Gasteiger partial charge in [0, 0.05) is 6.42 Å². The Kier molecular flexibility index (Phi) is 4.79. The molecule has 0 unspecified atom stereocenters. The molecule has 0 spiro atoms. The quantitative estimate of drug-likeness (QED) is 0.413. The van der Waals surface area contributed by atoms with Crippen LogP contribution in [-0.4, -0.2) is 10.8 Å². The van der Waals surface area contributed by atoms with E-state index in [4.69, 9.17) is 15.1 Å². The average molecular weight is 192 g/mol. The summed E-state index contributed by atoms with van der Waals surface area (Å²) in [6, 6.07) is 0.